The number of halogens is 1. The summed E-state index contributed by atoms with van der Waals surface area (Å²) in [6, 6.07) is 2.94. The Bertz CT molecular complexity index is 582. The molecule has 0 saturated heterocycles. The van der Waals surface area contributed by atoms with Gasteiger partial charge in [0.05, 0.1) is 15.6 Å². The summed E-state index contributed by atoms with van der Waals surface area (Å²) >= 11 is 5.85. The van der Waals surface area contributed by atoms with Crippen LogP contribution in [0.4, 0.5) is 5.69 Å². The topological polar surface area (TPSA) is 63.4 Å². The van der Waals surface area contributed by atoms with Crippen molar-refractivity contribution < 1.29 is 8.42 Å². The molecule has 4 nitrogen and oxygen atoms in total. The fourth-order valence-electron chi connectivity index (χ4n) is 1.58. The van der Waals surface area contributed by atoms with Crippen LogP contribution < -0.4 is 5.73 Å². The predicted molar refractivity (Wildman–Crippen MR) is 75.2 cm³/mol. The van der Waals surface area contributed by atoms with Crippen molar-refractivity contribution in [2.24, 2.45) is 0 Å². The zero-order valence-electron chi connectivity index (χ0n) is 10.7. The molecule has 0 spiro atoms. The summed E-state index contributed by atoms with van der Waals surface area (Å²) in [4.78, 5) is 0.174. The van der Waals surface area contributed by atoms with Crippen LogP contribution in [-0.2, 0) is 10.0 Å². The highest BCUT2D eigenvalue weighted by molar-refractivity contribution is 7.89. The quantitative estimate of drug-likeness (QED) is 0.684. The Balaban J connectivity index is 3.29. The molecule has 0 fully saturated rings. The van der Waals surface area contributed by atoms with Crippen molar-refractivity contribution in [3.8, 4) is 0 Å². The van der Waals surface area contributed by atoms with Gasteiger partial charge in [-0.1, -0.05) is 23.8 Å². The summed E-state index contributed by atoms with van der Waals surface area (Å²) in [5, 5.41) is 0.356. The molecular weight excluding hydrogens is 272 g/mol. The van der Waals surface area contributed by atoms with Crippen LogP contribution in [0, 0.1) is 6.92 Å². The van der Waals surface area contributed by atoms with Crippen molar-refractivity contribution in [2.75, 3.05) is 19.3 Å². The maximum absolute atomic E-state index is 12.3. The predicted octanol–water partition coefficient (Wildman–Crippen LogP) is 2.43. The fraction of sp³-hybridized carbons (Fsp3) is 0.333. The van der Waals surface area contributed by atoms with Gasteiger partial charge in [0.1, 0.15) is 0 Å². The van der Waals surface area contributed by atoms with E-state index in [1.807, 2.05) is 0 Å². The normalized spacial score (nSPS) is 11.8. The lowest BCUT2D eigenvalue weighted by Gasteiger charge is -2.19. The zero-order valence-corrected chi connectivity index (χ0v) is 12.3. The molecule has 0 saturated carbocycles. The van der Waals surface area contributed by atoms with Gasteiger partial charge in [0.25, 0.3) is 0 Å². The van der Waals surface area contributed by atoms with E-state index in [9.17, 15) is 8.42 Å². The maximum atomic E-state index is 12.3. The van der Waals surface area contributed by atoms with Gasteiger partial charge in [-0.15, -0.1) is 0 Å². The van der Waals surface area contributed by atoms with E-state index in [-0.39, 0.29) is 17.1 Å². The molecule has 1 rings (SSSR count). The van der Waals surface area contributed by atoms with Crippen LogP contribution in [0.1, 0.15) is 12.5 Å². The molecule has 0 atom stereocenters. The lowest BCUT2D eigenvalue weighted by molar-refractivity contribution is 0.492. The van der Waals surface area contributed by atoms with Gasteiger partial charge >= 0.3 is 0 Å². The van der Waals surface area contributed by atoms with Crippen molar-refractivity contribution in [3.05, 3.63) is 34.9 Å². The number of nitrogens with two attached hydrogens (primary N) is 1. The summed E-state index contributed by atoms with van der Waals surface area (Å²) in [7, 11) is -2.06. The largest absolute Gasteiger partial charge is 0.397 e. The van der Waals surface area contributed by atoms with E-state index in [1.54, 1.807) is 19.9 Å². The number of hydrogen-bond donors (Lipinski definition) is 1. The summed E-state index contributed by atoms with van der Waals surface area (Å²) in [5.41, 5.74) is 7.25. The number of rotatable bonds is 4. The Morgan fingerprint density at radius 2 is 2.06 bits per heavy atom. The molecule has 0 aliphatic heterocycles. The Hall–Kier alpha value is -1.04. The number of aryl methyl sites for hydroxylation is 1. The molecular formula is C12H17ClN2O2S. The van der Waals surface area contributed by atoms with E-state index in [1.165, 1.54) is 17.4 Å². The van der Waals surface area contributed by atoms with Gasteiger partial charge in [-0.2, -0.15) is 4.31 Å². The average Bonchev–Trinajstić information content (AvgIpc) is 2.22. The van der Waals surface area contributed by atoms with Crippen LogP contribution in [0.5, 0.6) is 0 Å². The second kappa shape index (κ2) is 5.30. The first-order chi connectivity index (χ1) is 8.16. The second-order valence-electron chi connectivity index (χ2n) is 4.36. The molecule has 0 heterocycles. The Morgan fingerprint density at radius 3 is 2.56 bits per heavy atom. The molecule has 0 aromatic heterocycles. The van der Waals surface area contributed by atoms with Crippen molar-refractivity contribution in [3.63, 3.8) is 0 Å². The SMILES string of the molecule is C=C(C)CN(C)S(=O)(=O)c1cc(N)c(Cl)cc1C. The average molecular weight is 289 g/mol. The van der Waals surface area contributed by atoms with E-state index in [2.05, 4.69) is 6.58 Å². The third-order valence-electron chi connectivity index (χ3n) is 2.48. The number of benzene rings is 1. The summed E-state index contributed by atoms with van der Waals surface area (Å²) in [6.45, 7) is 7.43. The van der Waals surface area contributed by atoms with Gasteiger partial charge in [0.15, 0.2) is 0 Å². The monoisotopic (exact) mass is 288 g/mol. The minimum atomic E-state index is -3.57. The molecule has 18 heavy (non-hydrogen) atoms. The highest BCUT2D eigenvalue weighted by atomic mass is 35.5. The molecule has 100 valence electrons. The fourth-order valence-corrected chi connectivity index (χ4v) is 3.27. The van der Waals surface area contributed by atoms with E-state index in [0.29, 0.717) is 10.6 Å². The molecule has 0 radical (unpaired) electrons. The number of anilines is 1. The highest BCUT2D eigenvalue weighted by Gasteiger charge is 2.23. The minimum Gasteiger partial charge on any atom is -0.397 e. The Labute approximate surface area is 113 Å². The lowest BCUT2D eigenvalue weighted by atomic mass is 10.2. The van der Waals surface area contributed by atoms with Crippen molar-refractivity contribution >= 4 is 27.3 Å². The molecule has 2 N–H and O–H groups in total. The molecule has 0 aliphatic rings. The van der Waals surface area contributed by atoms with Crippen LogP contribution in [-0.4, -0.2) is 26.3 Å². The van der Waals surface area contributed by atoms with E-state index >= 15 is 0 Å². The smallest absolute Gasteiger partial charge is 0.243 e. The molecule has 0 amide bonds. The molecule has 6 heteroatoms. The van der Waals surface area contributed by atoms with Crippen LogP contribution in [0.3, 0.4) is 0 Å². The lowest BCUT2D eigenvalue weighted by Crippen LogP contribution is -2.29. The van der Waals surface area contributed by atoms with E-state index in [4.69, 9.17) is 17.3 Å². The molecule has 0 unspecified atom stereocenters. The molecule has 1 aromatic rings. The van der Waals surface area contributed by atoms with Gasteiger partial charge in [-0.25, -0.2) is 8.42 Å². The van der Waals surface area contributed by atoms with Crippen LogP contribution in [0.25, 0.3) is 0 Å². The van der Waals surface area contributed by atoms with Gasteiger partial charge in [0.2, 0.25) is 10.0 Å². The van der Waals surface area contributed by atoms with Crippen LogP contribution in [0.2, 0.25) is 5.02 Å². The Kier molecular flexibility index (Phi) is 4.42. The Morgan fingerprint density at radius 1 is 1.50 bits per heavy atom. The number of sulfonamides is 1. The van der Waals surface area contributed by atoms with E-state index in [0.717, 1.165) is 5.57 Å². The van der Waals surface area contributed by atoms with E-state index < -0.39 is 10.0 Å². The van der Waals surface area contributed by atoms with Gasteiger partial charge in [-0.05, 0) is 31.5 Å². The number of likely N-dealkylation sites (N-methyl/N-ethyl adjacent to an activating group) is 1. The van der Waals surface area contributed by atoms with Crippen molar-refractivity contribution in [1.82, 2.24) is 4.31 Å². The third-order valence-corrected chi connectivity index (χ3v) is 4.75. The first-order valence-corrected chi connectivity index (χ1v) is 7.14. The molecule has 0 aliphatic carbocycles. The number of hydrogen-bond acceptors (Lipinski definition) is 3. The third kappa shape index (κ3) is 3.04. The summed E-state index contributed by atoms with van der Waals surface area (Å²) < 4.78 is 25.9. The summed E-state index contributed by atoms with van der Waals surface area (Å²) in [6.07, 6.45) is 0. The molecule has 1 aromatic carbocycles. The van der Waals surface area contributed by atoms with Crippen molar-refractivity contribution in [1.29, 1.82) is 0 Å². The van der Waals surface area contributed by atoms with Gasteiger partial charge in [0, 0.05) is 13.6 Å². The second-order valence-corrected chi connectivity index (χ2v) is 6.78. The van der Waals surface area contributed by atoms with Crippen LogP contribution in [0.15, 0.2) is 29.2 Å². The first-order valence-electron chi connectivity index (χ1n) is 5.32. The summed E-state index contributed by atoms with van der Waals surface area (Å²) in [5.74, 6) is 0. The first kappa shape index (κ1) is 15.0. The minimum absolute atomic E-state index is 0.174. The maximum Gasteiger partial charge on any atom is 0.243 e. The van der Waals surface area contributed by atoms with Crippen molar-refractivity contribution in [2.45, 2.75) is 18.7 Å². The van der Waals surface area contributed by atoms with Crippen LogP contribution >= 0.6 is 11.6 Å². The number of nitrogens with zero attached hydrogens (tertiary/aromatic N) is 1. The number of nitrogen functional groups attached to an aromatic ring is 1. The molecule has 0 bridgehead atoms. The highest BCUT2D eigenvalue weighted by Crippen LogP contribution is 2.27. The zero-order chi connectivity index (χ0) is 14.1. The van der Waals surface area contributed by atoms with Gasteiger partial charge < -0.3 is 5.73 Å². The standard InChI is InChI=1S/C12H17ClN2O2S/c1-8(2)7-15(4)18(16,17)12-6-11(14)10(13)5-9(12)3/h5-6H,1,7,14H2,2-4H3. The van der Waals surface area contributed by atoms with Gasteiger partial charge in [-0.3, -0.25) is 0 Å².